The molecule has 3 aliphatic rings. The van der Waals surface area contributed by atoms with E-state index >= 15 is 0 Å². The van der Waals surface area contributed by atoms with E-state index in [-0.39, 0.29) is 59.5 Å². The third-order valence-electron chi connectivity index (χ3n) is 6.05. The molecular formula is C21H27IN4O3. The number of nitrogens with zero attached hydrogens (tertiary/aromatic N) is 2. The van der Waals surface area contributed by atoms with Crippen molar-refractivity contribution < 1.29 is 14.3 Å². The lowest BCUT2D eigenvalue weighted by molar-refractivity contribution is -0.140. The fourth-order valence-electron chi connectivity index (χ4n) is 4.72. The molecule has 1 heterocycles. The van der Waals surface area contributed by atoms with E-state index in [0.717, 1.165) is 17.7 Å². The Labute approximate surface area is 188 Å². The van der Waals surface area contributed by atoms with Crippen molar-refractivity contribution in [3.05, 3.63) is 42.0 Å². The molecule has 2 amide bonds. The van der Waals surface area contributed by atoms with Crippen LogP contribution in [-0.2, 0) is 16.1 Å². The Balaban J connectivity index is 0.00000240. The fourth-order valence-corrected chi connectivity index (χ4v) is 4.72. The topological polar surface area (TPSA) is 83.0 Å². The van der Waals surface area contributed by atoms with E-state index in [1.807, 2.05) is 24.3 Å². The van der Waals surface area contributed by atoms with Crippen molar-refractivity contribution >= 4 is 41.8 Å². The molecule has 2 bridgehead atoms. The monoisotopic (exact) mass is 510 g/mol. The number of aliphatic imine (C=N–C) groups is 1. The number of carbonyl (C=O) groups is 2. The molecule has 1 aromatic carbocycles. The number of hydrogen-bond donors (Lipinski definition) is 2. The summed E-state index contributed by atoms with van der Waals surface area (Å²) in [5.41, 5.74) is 1.02. The number of guanidine groups is 1. The van der Waals surface area contributed by atoms with Gasteiger partial charge >= 0.3 is 0 Å². The van der Waals surface area contributed by atoms with Crippen molar-refractivity contribution in [2.45, 2.75) is 13.0 Å². The summed E-state index contributed by atoms with van der Waals surface area (Å²) in [7, 11) is 3.34. The van der Waals surface area contributed by atoms with Crippen LogP contribution in [0.3, 0.4) is 0 Å². The zero-order valence-corrected chi connectivity index (χ0v) is 19.0. The number of nitrogens with one attached hydrogen (secondary N) is 2. The number of halogens is 1. The van der Waals surface area contributed by atoms with Crippen LogP contribution in [0.4, 0.5) is 0 Å². The SMILES string of the molecule is CN=C(NCCN1C(=O)C2C3C=CC(C3)C2C1=O)NCc1ccccc1OC.I. The maximum absolute atomic E-state index is 12.7. The highest BCUT2D eigenvalue weighted by Crippen LogP contribution is 2.52. The molecule has 4 rings (SSSR count). The van der Waals surface area contributed by atoms with Crippen LogP contribution >= 0.6 is 24.0 Å². The van der Waals surface area contributed by atoms with Crippen molar-refractivity contribution in [3.63, 3.8) is 0 Å². The molecule has 1 aromatic rings. The van der Waals surface area contributed by atoms with E-state index in [9.17, 15) is 9.59 Å². The standard InChI is InChI=1S/C21H26N4O3.HI/c1-22-21(24-12-15-5-3-4-6-16(15)28-2)23-9-10-25-19(26)17-13-7-8-14(11-13)18(17)20(25)27;/h3-8,13-14,17-18H,9-12H2,1-2H3,(H2,22,23,24);1H. The van der Waals surface area contributed by atoms with Crippen LogP contribution in [0.1, 0.15) is 12.0 Å². The average Bonchev–Trinajstić information content (AvgIpc) is 3.40. The number of hydrogen-bond acceptors (Lipinski definition) is 4. The molecule has 1 saturated heterocycles. The number of allylic oxidation sites excluding steroid dienone is 2. The van der Waals surface area contributed by atoms with Gasteiger partial charge in [-0.15, -0.1) is 24.0 Å². The zero-order chi connectivity index (χ0) is 19.7. The number of amides is 2. The highest BCUT2D eigenvalue weighted by Gasteiger charge is 2.58. The summed E-state index contributed by atoms with van der Waals surface area (Å²) < 4.78 is 5.36. The van der Waals surface area contributed by atoms with Gasteiger partial charge in [-0.1, -0.05) is 30.4 Å². The minimum Gasteiger partial charge on any atom is -0.496 e. The second kappa shape index (κ2) is 9.15. The Bertz CT molecular complexity index is 811. The highest BCUT2D eigenvalue weighted by atomic mass is 127. The summed E-state index contributed by atoms with van der Waals surface area (Å²) in [6.07, 6.45) is 5.18. The number of rotatable bonds is 6. The first-order chi connectivity index (χ1) is 13.6. The predicted octanol–water partition coefficient (Wildman–Crippen LogP) is 1.79. The molecule has 0 spiro atoms. The Hall–Kier alpha value is -2.10. The lowest BCUT2D eigenvalue weighted by Crippen LogP contribution is -2.43. The molecule has 7 nitrogen and oxygen atoms in total. The minimum atomic E-state index is -0.134. The summed E-state index contributed by atoms with van der Waals surface area (Å²) in [6, 6.07) is 7.79. The number of likely N-dealkylation sites (tertiary alicyclic amines) is 1. The maximum atomic E-state index is 12.7. The van der Waals surface area contributed by atoms with E-state index in [1.165, 1.54) is 4.90 Å². The largest absolute Gasteiger partial charge is 0.496 e. The van der Waals surface area contributed by atoms with Gasteiger partial charge in [-0.25, -0.2) is 0 Å². The van der Waals surface area contributed by atoms with Gasteiger partial charge in [-0.3, -0.25) is 19.5 Å². The van der Waals surface area contributed by atoms with Crippen molar-refractivity contribution in [3.8, 4) is 5.75 Å². The van der Waals surface area contributed by atoms with Gasteiger partial charge in [-0.2, -0.15) is 0 Å². The number of methoxy groups -OCH3 is 1. The number of fused-ring (bicyclic) bond motifs is 5. The highest BCUT2D eigenvalue weighted by molar-refractivity contribution is 14.0. The summed E-state index contributed by atoms with van der Waals surface area (Å²) in [4.78, 5) is 31.0. The van der Waals surface area contributed by atoms with Crippen molar-refractivity contribution in [1.82, 2.24) is 15.5 Å². The van der Waals surface area contributed by atoms with Gasteiger partial charge in [0.2, 0.25) is 11.8 Å². The first-order valence-electron chi connectivity index (χ1n) is 9.74. The first-order valence-corrected chi connectivity index (χ1v) is 9.74. The minimum absolute atomic E-state index is 0. The van der Waals surface area contributed by atoms with E-state index in [2.05, 4.69) is 27.8 Å². The summed E-state index contributed by atoms with van der Waals surface area (Å²) in [5.74, 6) is 1.65. The van der Waals surface area contributed by atoms with E-state index in [1.54, 1.807) is 14.2 Å². The quantitative estimate of drug-likeness (QED) is 0.201. The van der Waals surface area contributed by atoms with E-state index < -0.39 is 0 Å². The lowest BCUT2D eigenvalue weighted by atomic mass is 9.85. The summed E-state index contributed by atoms with van der Waals surface area (Å²) in [6.45, 7) is 1.38. The molecule has 1 aliphatic heterocycles. The van der Waals surface area contributed by atoms with Crippen molar-refractivity contribution in [1.29, 1.82) is 0 Å². The average molecular weight is 510 g/mol. The molecule has 0 radical (unpaired) electrons. The third kappa shape index (κ3) is 3.99. The molecule has 1 saturated carbocycles. The van der Waals surface area contributed by atoms with Gasteiger partial charge in [0.15, 0.2) is 5.96 Å². The zero-order valence-electron chi connectivity index (χ0n) is 16.6. The Morgan fingerprint density at radius 2 is 1.79 bits per heavy atom. The van der Waals surface area contributed by atoms with Crippen LogP contribution in [0.2, 0.25) is 0 Å². The predicted molar refractivity (Wildman–Crippen MR) is 121 cm³/mol. The Kier molecular flexibility index (Phi) is 6.81. The molecule has 4 unspecified atom stereocenters. The number of benzene rings is 1. The van der Waals surface area contributed by atoms with Crippen LogP contribution < -0.4 is 15.4 Å². The van der Waals surface area contributed by atoms with Crippen LogP contribution in [-0.4, -0.2) is 49.9 Å². The molecule has 4 atom stereocenters. The molecule has 29 heavy (non-hydrogen) atoms. The van der Waals surface area contributed by atoms with Gasteiger partial charge in [0.05, 0.1) is 18.9 Å². The second-order valence-electron chi connectivity index (χ2n) is 7.49. The van der Waals surface area contributed by atoms with Crippen molar-refractivity contribution in [2.24, 2.45) is 28.7 Å². The normalized spacial score (nSPS) is 27.1. The number of para-hydroxylation sites is 1. The van der Waals surface area contributed by atoms with Gasteiger partial charge in [0, 0.05) is 32.2 Å². The van der Waals surface area contributed by atoms with E-state index in [0.29, 0.717) is 25.6 Å². The Morgan fingerprint density at radius 3 is 2.41 bits per heavy atom. The third-order valence-corrected chi connectivity index (χ3v) is 6.05. The molecule has 156 valence electrons. The molecule has 8 heteroatoms. The second-order valence-corrected chi connectivity index (χ2v) is 7.49. The Morgan fingerprint density at radius 1 is 1.14 bits per heavy atom. The van der Waals surface area contributed by atoms with Crippen LogP contribution in [0.15, 0.2) is 41.4 Å². The summed E-state index contributed by atoms with van der Waals surface area (Å²) >= 11 is 0. The van der Waals surface area contributed by atoms with Gasteiger partial charge in [0.1, 0.15) is 5.75 Å². The lowest BCUT2D eigenvalue weighted by Gasteiger charge is -2.19. The molecule has 0 aromatic heterocycles. The molecule has 2 N–H and O–H groups in total. The molecule has 2 fully saturated rings. The maximum Gasteiger partial charge on any atom is 0.233 e. The van der Waals surface area contributed by atoms with Crippen LogP contribution in [0, 0.1) is 23.7 Å². The van der Waals surface area contributed by atoms with Crippen molar-refractivity contribution in [2.75, 3.05) is 27.2 Å². The van der Waals surface area contributed by atoms with E-state index in [4.69, 9.17) is 4.74 Å². The number of carbonyl (C=O) groups excluding carboxylic acids is 2. The number of imide groups is 1. The van der Waals surface area contributed by atoms with Gasteiger partial charge in [0.25, 0.3) is 0 Å². The molecule has 2 aliphatic carbocycles. The molecular weight excluding hydrogens is 483 g/mol. The first kappa shape index (κ1) is 21.6. The fraction of sp³-hybridized carbons (Fsp3) is 0.476. The van der Waals surface area contributed by atoms with Crippen LogP contribution in [0.5, 0.6) is 5.75 Å². The van der Waals surface area contributed by atoms with Gasteiger partial charge in [-0.05, 0) is 24.3 Å². The summed E-state index contributed by atoms with van der Waals surface area (Å²) in [5, 5.41) is 6.42. The smallest absolute Gasteiger partial charge is 0.233 e. The van der Waals surface area contributed by atoms with Gasteiger partial charge < -0.3 is 15.4 Å². The number of ether oxygens (including phenoxy) is 1. The van der Waals surface area contributed by atoms with Crippen LogP contribution in [0.25, 0.3) is 0 Å².